The lowest BCUT2D eigenvalue weighted by Crippen LogP contribution is -2.34. The van der Waals surface area contributed by atoms with Crippen molar-refractivity contribution in [3.05, 3.63) is 0 Å². The van der Waals surface area contributed by atoms with Gasteiger partial charge in [0.1, 0.15) is 5.60 Å². The van der Waals surface area contributed by atoms with Gasteiger partial charge in [0.2, 0.25) is 0 Å². The van der Waals surface area contributed by atoms with Crippen LogP contribution in [0.3, 0.4) is 0 Å². The van der Waals surface area contributed by atoms with Crippen LogP contribution in [0.1, 0.15) is 47.0 Å². The summed E-state index contributed by atoms with van der Waals surface area (Å²) in [6, 6.07) is 0. The first-order valence-corrected chi connectivity index (χ1v) is 7.06. The lowest BCUT2D eigenvalue weighted by Gasteiger charge is -2.19. The normalized spacial score (nSPS) is 17.3. The van der Waals surface area contributed by atoms with Crippen LogP contribution in [0.15, 0.2) is 0 Å². The quantitative estimate of drug-likeness (QED) is 0.688. The fourth-order valence-electron chi connectivity index (χ4n) is 1.88. The predicted octanol–water partition coefficient (Wildman–Crippen LogP) is 2.54. The number of amides is 1. The molecule has 1 aliphatic rings. The molecule has 1 unspecified atom stereocenters. The highest BCUT2D eigenvalue weighted by atomic mass is 16.6. The van der Waals surface area contributed by atoms with E-state index in [9.17, 15) is 4.79 Å². The van der Waals surface area contributed by atoms with Crippen molar-refractivity contribution in [1.82, 2.24) is 10.6 Å². The van der Waals surface area contributed by atoms with Crippen LogP contribution in [0.4, 0.5) is 4.79 Å². The third kappa shape index (κ3) is 7.54. The van der Waals surface area contributed by atoms with Crippen molar-refractivity contribution in [2.45, 2.75) is 52.6 Å². The highest BCUT2D eigenvalue weighted by Crippen LogP contribution is 2.35. The van der Waals surface area contributed by atoms with E-state index in [0.717, 1.165) is 31.3 Å². The van der Waals surface area contributed by atoms with Gasteiger partial charge in [-0.05, 0) is 65.0 Å². The maximum absolute atomic E-state index is 11.3. The van der Waals surface area contributed by atoms with Gasteiger partial charge in [0, 0.05) is 6.54 Å². The summed E-state index contributed by atoms with van der Waals surface area (Å²) >= 11 is 0. The fourth-order valence-corrected chi connectivity index (χ4v) is 1.88. The zero-order valence-corrected chi connectivity index (χ0v) is 12.2. The van der Waals surface area contributed by atoms with Crippen molar-refractivity contribution >= 4 is 6.09 Å². The van der Waals surface area contributed by atoms with Crippen molar-refractivity contribution in [2.24, 2.45) is 11.8 Å². The molecule has 4 nitrogen and oxygen atoms in total. The molecule has 0 spiro atoms. The van der Waals surface area contributed by atoms with E-state index in [4.69, 9.17) is 4.74 Å². The number of carbonyl (C=O) groups excluding carboxylic acids is 1. The zero-order chi connectivity index (χ0) is 13.6. The van der Waals surface area contributed by atoms with E-state index in [0.29, 0.717) is 6.54 Å². The number of alkyl carbamates (subject to hydrolysis) is 1. The first kappa shape index (κ1) is 15.3. The summed E-state index contributed by atoms with van der Waals surface area (Å²) < 4.78 is 5.15. The van der Waals surface area contributed by atoms with Crippen LogP contribution in [0.25, 0.3) is 0 Å². The minimum Gasteiger partial charge on any atom is -0.444 e. The van der Waals surface area contributed by atoms with Gasteiger partial charge in [-0.15, -0.1) is 0 Å². The Labute approximate surface area is 111 Å². The predicted molar refractivity (Wildman–Crippen MR) is 73.6 cm³/mol. The van der Waals surface area contributed by atoms with Crippen LogP contribution in [-0.2, 0) is 4.74 Å². The molecule has 0 heterocycles. The van der Waals surface area contributed by atoms with E-state index in [1.165, 1.54) is 12.8 Å². The van der Waals surface area contributed by atoms with E-state index >= 15 is 0 Å². The smallest absolute Gasteiger partial charge is 0.407 e. The Hall–Kier alpha value is -0.770. The molecule has 1 atom stereocenters. The Bertz CT molecular complexity index is 257. The standard InChI is InChI=1S/C14H28N2O2/c1-11(12-6-7-12)10-15-8-5-9-16-13(17)18-14(2,3)4/h11-12,15H,5-10H2,1-4H3,(H,16,17). The number of carbonyl (C=O) groups is 1. The molecule has 0 saturated heterocycles. The summed E-state index contributed by atoms with van der Waals surface area (Å²) in [7, 11) is 0. The Morgan fingerprint density at radius 1 is 1.33 bits per heavy atom. The Morgan fingerprint density at radius 2 is 2.00 bits per heavy atom. The molecule has 0 aromatic rings. The molecule has 1 fully saturated rings. The van der Waals surface area contributed by atoms with Gasteiger partial charge in [0.25, 0.3) is 0 Å². The largest absolute Gasteiger partial charge is 0.444 e. The van der Waals surface area contributed by atoms with Gasteiger partial charge < -0.3 is 15.4 Å². The Morgan fingerprint density at radius 3 is 2.56 bits per heavy atom. The molecule has 1 aliphatic carbocycles. The fraction of sp³-hybridized carbons (Fsp3) is 0.929. The second-order valence-electron chi connectivity index (χ2n) is 6.30. The number of rotatable bonds is 7. The molecule has 1 saturated carbocycles. The van der Waals surface area contributed by atoms with E-state index in [-0.39, 0.29) is 6.09 Å². The molecule has 2 N–H and O–H groups in total. The first-order valence-electron chi connectivity index (χ1n) is 7.06. The van der Waals surface area contributed by atoms with Crippen LogP contribution < -0.4 is 10.6 Å². The molecular formula is C14H28N2O2. The van der Waals surface area contributed by atoms with Crippen LogP contribution >= 0.6 is 0 Å². The van der Waals surface area contributed by atoms with Crippen molar-refractivity contribution in [2.75, 3.05) is 19.6 Å². The van der Waals surface area contributed by atoms with Gasteiger partial charge >= 0.3 is 6.09 Å². The minimum absolute atomic E-state index is 0.325. The van der Waals surface area contributed by atoms with Gasteiger partial charge in [0.15, 0.2) is 0 Å². The van der Waals surface area contributed by atoms with Crippen molar-refractivity contribution in [3.8, 4) is 0 Å². The van der Waals surface area contributed by atoms with E-state index < -0.39 is 5.60 Å². The highest BCUT2D eigenvalue weighted by molar-refractivity contribution is 5.67. The molecule has 0 aromatic heterocycles. The number of hydrogen-bond donors (Lipinski definition) is 2. The van der Waals surface area contributed by atoms with Crippen molar-refractivity contribution in [1.29, 1.82) is 0 Å². The van der Waals surface area contributed by atoms with Gasteiger partial charge in [0.05, 0.1) is 0 Å². The zero-order valence-electron chi connectivity index (χ0n) is 12.2. The molecule has 18 heavy (non-hydrogen) atoms. The molecule has 1 rings (SSSR count). The summed E-state index contributed by atoms with van der Waals surface area (Å²) in [5.74, 6) is 1.75. The number of hydrogen-bond acceptors (Lipinski definition) is 3. The maximum atomic E-state index is 11.3. The van der Waals surface area contributed by atoms with E-state index in [1.807, 2.05) is 20.8 Å². The molecule has 0 aliphatic heterocycles. The van der Waals surface area contributed by atoms with Gasteiger partial charge in [-0.3, -0.25) is 0 Å². The van der Waals surface area contributed by atoms with Gasteiger partial charge in [-0.25, -0.2) is 4.79 Å². The van der Waals surface area contributed by atoms with Crippen LogP contribution in [-0.4, -0.2) is 31.3 Å². The van der Waals surface area contributed by atoms with Crippen LogP contribution in [0.5, 0.6) is 0 Å². The van der Waals surface area contributed by atoms with Crippen molar-refractivity contribution in [3.63, 3.8) is 0 Å². The number of nitrogens with one attached hydrogen (secondary N) is 2. The minimum atomic E-state index is -0.415. The average molecular weight is 256 g/mol. The lowest BCUT2D eigenvalue weighted by atomic mass is 10.1. The van der Waals surface area contributed by atoms with Gasteiger partial charge in [-0.1, -0.05) is 6.92 Å². The van der Waals surface area contributed by atoms with Crippen molar-refractivity contribution < 1.29 is 9.53 Å². The SMILES string of the molecule is CC(CNCCCNC(=O)OC(C)(C)C)C1CC1. The van der Waals surface area contributed by atoms with Gasteiger partial charge in [-0.2, -0.15) is 0 Å². The molecule has 0 bridgehead atoms. The monoisotopic (exact) mass is 256 g/mol. The highest BCUT2D eigenvalue weighted by Gasteiger charge is 2.27. The molecule has 1 amide bonds. The lowest BCUT2D eigenvalue weighted by molar-refractivity contribution is 0.0527. The molecular weight excluding hydrogens is 228 g/mol. The van der Waals surface area contributed by atoms with Crippen LogP contribution in [0.2, 0.25) is 0 Å². The molecule has 0 aromatic carbocycles. The second kappa shape index (κ2) is 6.98. The first-order chi connectivity index (χ1) is 8.38. The third-order valence-electron chi connectivity index (χ3n) is 3.09. The summed E-state index contributed by atoms with van der Waals surface area (Å²) in [4.78, 5) is 11.3. The topological polar surface area (TPSA) is 50.4 Å². The van der Waals surface area contributed by atoms with Crippen LogP contribution in [0, 0.1) is 11.8 Å². The molecule has 0 radical (unpaired) electrons. The van der Waals surface area contributed by atoms with E-state index in [2.05, 4.69) is 17.6 Å². The summed E-state index contributed by atoms with van der Waals surface area (Å²) in [5.41, 5.74) is -0.415. The third-order valence-corrected chi connectivity index (χ3v) is 3.09. The maximum Gasteiger partial charge on any atom is 0.407 e. The second-order valence-corrected chi connectivity index (χ2v) is 6.30. The average Bonchev–Trinajstić information content (AvgIpc) is 3.03. The summed E-state index contributed by atoms with van der Waals surface area (Å²) in [6.45, 7) is 10.6. The molecule has 4 heteroatoms. The van der Waals surface area contributed by atoms with E-state index in [1.54, 1.807) is 0 Å². The Balaban J connectivity index is 1.90. The summed E-state index contributed by atoms with van der Waals surface area (Å²) in [5, 5.41) is 6.20. The number of ether oxygens (including phenoxy) is 1. The Kier molecular flexibility index (Phi) is 5.93. The molecule has 106 valence electrons. The summed E-state index contributed by atoms with van der Waals surface area (Å²) in [6.07, 6.45) is 3.43.